The summed E-state index contributed by atoms with van der Waals surface area (Å²) in [5.74, 6) is 1.28. The van der Waals surface area contributed by atoms with Crippen molar-refractivity contribution in [3.8, 4) is 5.75 Å². The number of aliphatic hydroxyl groups excluding tert-OH is 1. The Bertz CT molecular complexity index is 1100. The fraction of sp³-hybridized carbons (Fsp3) is 0.238. The lowest BCUT2D eigenvalue weighted by atomic mass is 10.2. The van der Waals surface area contributed by atoms with Gasteiger partial charge in [0.05, 0.1) is 18.9 Å². The van der Waals surface area contributed by atoms with Crippen LogP contribution in [0.15, 0.2) is 59.1 Å². The predicted octanol–water partition coefficient (Wildman–Crippen LogP) is 4.21. The number of methoxy groups -OCH3 is 1. The van der Waals surface area contributed by atoms with E-state index in [1.165, 1.54) is 34.0 Å². The van der Waals surface area contributed by atoms with Crippen LogP contribution in [0.2, 0.25) is 0 Å². The number of hydrogen-bond donors (Lipinski definition) is 4. The number of nitrogens with zero attached hydrogens (tertiary/aromatic N) is 2. The molecule has 156 valence electrons. The Balaban J connectivity index is 1.24. The molecular weight excluding hydrogens is 418 g/mol. The second-order valence-electron chi connectivity index (χ2n) is 6.63. The van der Waals surface area contributed by atoms with Gasteiger partial charge in [0, 0.05) is 35.9 Å². The van der Waals surface area contributed by atoms with E-state index in [9.17, 15) is 5.11 Å². The number of ether oxygens (including phenoxy) is 1. The van der Waals surface area contributed by atoms with Crippen molar-refractivity contribution in [3.63, 3.8) is 0 Å². The lowest BCUT2D eigenvalue weighted by Gasteiger charge is -2.14. The molecule has 0 aliphatic rings. The maximum atomic E-state index is 10.3. The van der Waals surface area contributed by atoms with E-state index in [1.807, 2.05) is 42.6 Å². The molecule has 0 amide bonds. The normalized spacial score (nSPS) is 12.1. The maximum Gasteiger partial charge on any atom is 0.206 e. The third-order valence-corrected chi connectivity index (χ3v) is 6.70. The van der Waals surface area contributed by atoms with Crippen molar-refractivity contribution in [3.05, 3.63) is 60.3 Å². The first-order valence-corrected chi connectivity index (χ1v) is 11.3. The summed E-state index contributed by atoms with van der Waals surface area (Å²) in [5, 5.41) is 27.2. The quantitative estimate of drug-likeness (QED) is 0.274. The molecule has 30 heavy (non-hydrogen) atoms. The predicted molar refractivity (Wildman–Crippen MR) is 124 cm³/mol. The summed E-state index contributed by atoms with van der Waals surface area (Å²) >= 11 is 2.99. The highest BCUT2D eigenvalue weighted by Gasteiger charge is 2.11. The van der Waals surface area contributed by atoms with E-state index in [-0.39, 0.29) is 0 Å². The molecule has 1 unspecified atom stereocenters. The van der Waals surface area contributed by atoms with Gasteiger partial charge < -0.3 is 25.5 Å². The molecule has 0 saturated carbocycles. The zero-order valence-corrected chi connectivity index (χ0v) is 18.1. The molecule has 9 heteroatoms. The zero-order valence-electron chi connectivity index (χ0n) is 16.5. The van der Waals surface area contributed by atoms with E-state index in [2.05, 4.69) is 37.9 Å². The van der Waals surface area contributed by atoms with Gasteiger partial charge in [0.2, 0.25) is 5.13 Å². The Morgan fingerprint density at radius 2 is 1.97 bits per heavy atom. The van der Waals surface area contributed by atoms with E-state index in [4.69, 9.17) is 4.74 Å². The molecule has 7 nitrogen and oxygen atoms in total. The standard InChI is InChI=1S/C21H23N5O2S2/c1-28-19-9-5-4-8-18(19)23-12-15(27)13-29-21-26-25-20(30-21)24-11-14-10-22-17-7-3-2-6-16(14)17/h2-10,15,22-23,27H,11-13H2,1H3,(H,24,25). The van der Waals surface area contributed by atoms with Crippen LogP contribution in [0, 0.1) is 0 Å². The van der Waals surface area contributed by atoms with Gasteiger partial charge in [0.25, 0.3) is 0 Å². The molecule has 0 bridgehead atoms. The zero-order chi connectivity index (χ0) is 20.8. The van der Waals surface area contributed by atoms with Crippen molar-refractivity contribution < 1.29 is 9.84 Å². The summed E-state index contributed by atoms with van der Waals surface area (Å²) in [5.41, 5.74) is 3.18. The Morgan fingerprint density at radius 3 is 2.87 bits per heavy atom. The van der Waals surface area contributed by atoms with Crippen LogP contribution in [-0.2, 0) is 6.54 Å². The molecule has 0 aliphatic carbocycles. The minimum atomic E-state index is -0.522. The number of H-pyrrole nitrogens is 1. The van der Waals surface area contributed by atoms with Gasteiger partial charge in [-0.1, -0.05) is 53.4 Å². The summed E-state index contributed by atoms with van der Waals surface area (Å²) in [7, 11) is 1.63. The van der Waals surface area contributed by atoms with Gasteiger partial charge in [-0.05, 0) is 23.8 Å². The summed E-state index contributed by atoms with van der Waals surface area (Å²) in [4.78, 5) is 3.27. The number of rotatable bonds is 10. The molecule has 4 rings (SSSR count). The van der Waals surface area contributed by atoms with Gasteiger partial charge in [-0.25, -0.2) is 0 Å². The first-order chi connectivity index (χ1) is 14.7. The molecule has 2 aromatic carbocycles. The number of aromatic nitrogens is 3. The average Bonchev–Trinajstić information content (AvgIpc) is 3.41. The largest absolute Gasteiger partial charge is 0.495 e. The number of anilines is 2. The van der Waals surface area contributed by atoms with Crippen molar-refractivity contribution >= 4 is 44.8 Å². The highest BCUT2D eigenvalue weighted by Crippen LogP contribution is 2.28. The number of thioether (sulfide) groups is 1. The SMILES string of the molecule is COc1ccccc1NCC(O)CSc1nnc(NCc2c[nH]c3ccccc23)s1. The van der Waals surface area contributed by atoms with E-state index >= 15 is 0 Å². The molecule has 0 saturated heterocycles. The second-order valence-corrected chi connectivity index (χ2v) is 8.88. The smallest absolute Gasteiger partial charge is 0.206 e. The number of nitrogens with one attached hydrogen (secondary N) is 3. The van der Waals surface area contributed by atoms with E-state index in [0.717, 1.165) is 26.4 Å². The molecule has 2 heterocycles. The van der Waals surface area contributed by atoms with Gasteiger partial charge >= 0.3 is 0 Å². The van der Waals surface area contributed by atoms with Crippen molar-refractivity contribution in [1.29, 1.82) is 0 Å². The average molecular weight is 442 g/mol. The number of aromatic amines is 1. The van der Waals surface area contributed by atoms with Gasteiger partial charge in [-0.2, -0.15) is 0 Å². The minimum Gasteiger partial charge on any atom is -0.495 e. The summed E-state index contributed by atoms with van der Waals surface area (Å²) in [6.07, 6.45) is 1.49. The van der Waals surface area contributed by atoms with E-state index in [0.29, 0.717) is 18.8 Å². The molecule has 4 N–H and O–H groups in total. The topological polar surface area (TPSA) is 95.1 Å². The first-order valence-electron chi connectivity index (χ1n) is 9.53. The highest BCUT2D eigenvalue weighted by atomic mass is 32.2. The molecule has 0 spiro atoms. The molecule has 0 fully saturated rings. The van der Waals surface area contributed by atoms with Crippen LogP contribution >= 0.6 is 23.1 Å². The van der Waals surface area contributed by atoms with Gasteiger partial charge in [-0.15, -0.1) is 10.2 Å². The minimum absolute atomic E-state index is 0.428. The number of benzene rings is 2. The molecule has 0 aliphatic heterocycles. The Hall–Kier alpha value is -2.75. The van der Waals surface area contributed by atoms with Crippen LogP contribution in [-0.4, -0.2) is 45.8 Å². The molecule has 4 aromatic rings. The van der Waals surface area contributed by atoms with Crippen LogP contribution in [0.3, 0.4) is 0 Å². The highest BCUT2D eigenvalue weighted by molar-refractivity contribution is 8.01. The first kappa shape index (κ1) is 20.5. The van der Waals surface area contributed by atoms with Gasteiger partial charge in [0.15, 0.2) is 4.34 Å². The number of hydrogen-bond acceptors (Lipinski definition) is 8. The fourth-order valence-corrected chi connectivity index (χ4v) is 4.73. The lowest BCUT2D eigenvalue weighted by molar-refractivity contribution is 0.213. The maximum absolute atomic E-state index is 10.3. The Morgan fingerprint density at radius 1 is 1.13 bits per heavy atom. The van der Waals surface area contributed by atoms with Crippen LogP contribution in [0.4, 0.5) is 10.8 Å². The summed E-state index contributed by atoms with van der Waals surface area (Å²) in [6, 6.07) is 15.9. The van der Waals surface area contributed by atoms with Crippen LogP contribution in [0.5, 0.6) is 5.75 Å². The van der Waals surface area contributed by atoms with Crippen molar-refractivity contribution in [2.75, 3.05) is 30.0 Å². The van der Waals surface area contributed by atoms with Crippen molar-refractivity contribution in [2.24, 2.45) is 0 Å². The van der Waals surface area contributed by atoms with Crippen molar-refractivity contribution in [2.45, 2.75) is 17.0 Å². The fourth-order valence-electron chi connectivity index (χ4n) is 3.03. The number of fused-ring (bicyclic) bond motifs is 1. The monoisotopic (exact) mass is 441 g/mol. The second kappa shape index (κ2) is 9.84. The van der Waals surface area contributed by atoms with Gasteiger partial charge in [-0.3, -0.25) is 0 Å². The van der Waals surface area contributed by atoms with E-state index < -0.39 is 6.10 Å². The van der Waals surface area contributed by atoms with Crippen LogP contribution < -0.4 is 15.4 Å². The molecule has 2 aromatic heterocycles. The molecule has 1 atom stereocenters. The number of para-hydroxylation sites is 3. The summed E-state index contributed by atoms with van der Waals surface area (Å²) in [6.45, 7) is 1.10. The van der Waals surface area contributed by atoms with Crippen molar-refractivity contribution in [1.82, 2.24) is 15.2 Å². The van der Waals surface area contributed by atoms with Crippen LogP contribution in [0.25, 0.3) is 10.9 Å². The number of aliphatic hydroxyl groups is 1. The Kier molecular flexibility index (Phi) is 6.73. The van der Waals surface area contributed by atoms with Gasteiger partial charge in [0.1, 0.15) is 5.75 Å². The summed E-state index contributed by atoms with van der Waals surface area (Å²) < 4.78 is 6.13. The third-order valence-electron chi connectivity index (χ3n) is 4.55. The van der Waals surface area contributed by atoms with Crippen LogP contribution in [0.1, 0.15) is 5.56 Å². The Labute approximate surface area is 182 Å². The lowest BCUT2D eigenvalue weighted by Crippen LogP contribution is -2.22. The molecule has 0 radical (unpaired) electrons. The third kappa shape index (κ3) is 5.05. The molecular formula is C21H23N5O2S2. The van der Waals surface area contributed by atoms with E-state index in [1.54, 1.807) is 7.11 Å².